The maximum absolute atomic E-state index is 13.2. The van der Waals surface area contributed by atoms with Gasteiger partial charge in [0, 0.05) is 36.8 Å². The summed E-state index contributed by atoms with van der Waals surface area (Å²) in [5.41, 5.74) is 2.88. The van der Waals surface area contributed by atoms with Gasteiger partial charge in [-0.05, 0) is 39.7 Å². The third kappa shape index (κ3) is 2.78. The second kappa shape index (κ2) is 6.33. The molecule has 1 aliphatic carbocycles. The quantitative estimate of drug-likeness (QED) is 0.901. The molecule has 2 fully saturated rings. The highest BCUT2D eigenvalue weighted by molar-refractivity contribution is 6.06. The molecule has 24 heavy (non-hydrogen) atoms. The van der Waals surface area contributed by atoms with E-state index in [-0.39, 0.29) is 30.4 Å². The number of carbonyl (C=O) groups excluding carboxylic acids is 1. The van der Waals surface area contributed by atoms with Gasteiger partial charge < -0.3 is 14.7 Å². The molecule has 0 bridgehead atoms. The van der Waals surface area contributed by atoms with Gasteiger partial charge in [0.05, 0.1) is 16.6 Å². The van der Waals surface area contributed by atoms with Crippen LogP contribution in [0.1, 0.15) is 54.4 Å². The molecule has 130 valence electrons. The standard InChI is InChI=1S/C17H22N4O2.ClH/c1-9-11(3)21(7-6-18-9)17(22)13-8-14(12-4-5-12)19-16-15(13)10(2)20-23-16;/h8-9,11-12,18H,4-7H2,1-3H3;1H. The SMILES string of the molecule is Cc1noc2nc(C3CC3)cc(C(=O)N3CCNC(C)C3C)c12.Cl. The number of piperazine rings is 1. The van der Waals surface area contributed by atoms with Crippen LogP contribution >= 0.6 is 12.4 Å². The summed E-state index contributed by atoms with van der Waals surface area (Å²) in [5.74, 6) is 0.530. The lowest BCUT2D eigenvalue weighted by Crippen LogP contribution is -2.57. The van der Waals surface area contributed by atoms with E-state index in [0.29, 0.717) is 17.2 Å². The zero-order chi connectivity index (χ0) is 16.1. The topological polar surface area (TPSA) is 71.3 Å². The Hall–Kier alpha value is -1.66. The number of nitrogens with zero attached hydrogens (tertiary/aromatic N) is 3. The number of amides is 1. The summed E-state index contributed by atoms with van der Waals surface area (Å²) in [4.78, 5) is 19.7. The third-order valence-electron chi connectivity index (χ3n) is 5.16. The van der Waals surface area contributed by atoms with Gasteiger partial charge in [0.2, 0.25) is 0 Å². The molecule has 2 aromatic heterocycles. The van der Waals surface area contributed by atoms with E-state index in [4.69, 9.17) is 4.52 Å². The molecule has 0 radical (unpaired) electrons. The van der Waals surface area contributed by atoms with E-state index < -0.39 is 0 Å². The summed E-state index contributed by atoms with van der Waals surface area (Å²) in [6.07, 6.45) is 2.28. The highest BCUT2D eigenvalue weighted by Crippen LogP contribution is 2.40. The Balaban J connectivity index is 0.00000169. The maximum Gasteiger partial charge on any atom is 0.259 e. The fourth-order valence-corrected chi connectivity index (χ4v) is 3.37. The lowest BCUT2D eigenvalue weighted by molar-refractivity contribution is 0.0604. The zero-order valence-electron chi connectivity index (χ0n) is 14.2. The van der Waals surface area contributed by atoms with E-state index in [1.54, 1.807) is 0 Å². The first-order chi connectivity index (χ1) is 11.1. The highest BCUT2D eigenvalue weighted by atomic mass is 35.5. The van der Waals surface area contributed by atoms with Gasteiger partial charge in [0.15, 0.2) is 0 Å². The van der Waals surface area contributed by atoms with Crippen LogP contribution < -0.4 is 5.32 Å². The Morgan fingerprint density at radius 3 is 2.83 bits per heavy atom. The summed E-state index contributed by atoms with van der Waals surface area (Å²) in [6.45, 7) is 7.62. The molecule has 1 saturated heterocycles. The molecule has 0 aromatic carbocycles. The minimum atomic E-state index is 0. The summed E-state index contributed by atoms with van der Waals surface area (Å²) >= 11 is 0. The van der Waals surface area contributed by atoms with Gasteiger partial charge in [-0.3, -0.25) is 4.79 Å². The molecular weight excluding hydrogens is 328 g/mol. The van der Waals surface area contributed by atoms with Crippen molar-refractivity contribution in [1.29, 1.82) is 0 Å². The summed E-state index contributed by atoms with van der Waals surface area (Å²) in [6, 6.07) is 2.41. The molecule has 1 aliphatic heterocycles. The van der Waals surface area contributed by atoms with Crippen molar-refractivity contribution in [2.75, 3.05) is 13.1 Å². The Morgan fingerprint density at radius 1 is 1.38 bits per heavy atom. The molecule has 0 spiro atoms. The Bertz CT molecular complexity index is 771. The monoisotopic (exact) mass is 350 g/mol. The van der Waals surface area contributed by atoms with Crippen LogP contribution in [0, 0.1) is 6.92 Å². The lowest BCUT2D eigenvalue weighted by atomic mass is 10.0. The lowest BCUT2D eigenvalue weighted by Gasteiger charge is -2.38. The fraction of sp³-hybridized carbons (Fsp3) is 0.588. The van der Waals surface area contributed by atoms with Crippen molar-refractivity contribution in [3.63, 3.8) is 0 Å². The molecule has 2 unspecified atom stereocenters. The second-order valence-corrected chi connectivity index (χ2v) is 6.80. The number of aromatic nitrogens is 2. The smallest absolute Gasteiger partial charge is 0.259 e. The first-order valence-electron chi connectivity index (χ1n) is 8.37. The minimum absolute atomic E-state index is 0. The largest absolute Gasteiger partial charge is 0.336 e. The number of hydrogen-bond donors (Lipinski definition) is 1. The molecule has 3 heterocycles. The fourth-order valence-electron chi connectivity index (χ4n) is 3.37. The van der Waals surface area contributed by atoms with Crippen LogP contribution in [0.25, 0.3) is 11.1 Å². The summed E-state index contributed by atoms with van der Waals surface area (Å²) in [5, 5.41) is 8.19. The average Bonchev–Trinajstić information content (AvgIpc) is 3.33. The number of pyridine rings is 1. The first-order valence-corrected chi connectivity index (χ1v) is 8.37. The average molecular weight is 351 g/mol. The van der Waals surface area contributed by atoms with Crippen molar-refractivity contribution in [2.24, 2.45) is 0 Å². The highest BCUT2D eigenvalue weighted by Gasteiger charge is 2.33. The van der Waals surface area contributed by atoms with Gasteiger partial charge in [-0.15, -0.1) is 12.4 Å². The van der Waals surface area contributed by atoms with Gasteiger partial charge in [0.1, 0.15) is 0 Å². The number of halogens is 1. The van der Waals surface area contributed by atoms with Gasteiger partial charge in [0.25, 0.3) is 11.6 Å². The second-order valence-electron chi connectivity index (χ2n) is 6.80. The van der Waals surface area contributed by atoms with Crippen LogP contribution in [-0.2, 0) is 0 Å². The number of hydrogen-bond acceptors (Lipinski definition) is 5. The Labute approximate surface area is 147 Å². The van der Waals surface area contributed by atoms with Gasteiger partial charge in [-0.2, -0.15) is 0 Å². The molecule has 2 aliphatic rings. The third-order valence-corrected chi connectivity index (χ3v) is 5.16. The van der Waals surface area contributed by atoms with Gasteiger partial charge in [-0.25, -0.2) is 4.98 Å². The molecular formula is C17H23ClN4O2. The number of aryl methyl sites for hydroxylation is 1. The molecule has 2 aromatic rings. The van der Waals surface area contributed by atoms with Crippen LogP contribution in [-0.4, -0.2) is 46.1 Å². The van der Waals surface area contributed by atoms with E-state index in [1.165, 1.54) is 0 Å². The molecule has 1 amide bonds. The van der Waals surface area contributed by atoms with Crippen LogP contribution in [0.3, 0.4) is 0 Å². The molecule has 1 N–H and O–H groups in total. The first kappa shape index (κ1) is 17.2. The number of rotatable bonds is 2. The van der Waals surface area contributed by atoms with Crippen LogP contribution in [0.2, 0.25) is 0 Å². The van der Waals surface area contributed by atoms with E-state index >= 15 is 0 Å². The Morgan fingerprint density at radius 2 is 2.12 bits per heavy atom. The van der Waals surface area contributed by atoms with E-state index in [1.807, 2.05) is 17.9 Å². The zero-order valence-corrected chi connectivity index (χ0v) is 15.0. The molecule has 4 rings (SSSR count). The maximum atomic E-state index is 13.2. The molecule has 2 atom stereocenters. The Kier molecular flexibility index (Phi) is 4.53. The minimum Gasteiger partial charge on any atom is -0.336 e. The van der Waals surface area contributed by atoms with Crippen molar-refractivity contribution >= 4 is 29.4 Å². The van der Waals surface area contributed by atoms with Crippen molar-refractivity contribution in [1.82, 2.24) is 20.4 Å². The normalized spacial score (nSPS) is 24.0. The summed E-state index contributed by atoms with van der Waals surface area (Å²) < 4.78 is 5.35. The van der Waals surface area contributed by atoms with E-state index in [0.717, 1.165) is 42.7 Å². The molecule has 1 saturated carbocycles. The van der Waals surface area contributed by atoms with Gasteiger partial charge >= 0.3 is 0 Å². The predicted octanol–water partition coefficient (Wildman–Crippen LogP) is 2.65. The van der Waals surface area contributed by atoms with Crippen molar-refractivity contribution in [3.8, 4) is 0 Å². The summed E-state index contributed by atoms with van der Waals surface area (Å²) in [7, 11) is 0. The van der Waals surface area contributed by atoms with Crippen LogP contribution in [0.5, 0.6) is 0 Å². The van der Waals surface area contributed by atoms with Crippen LogP contribution in [0.15, 0.2) is 10.6 Å². The van der Waals surface area contributed by atoms with Crippen molar-refractivity contribution in [2.45, 2.75) is 51.6 Å². The number of fused-ring (bicyclic) bond motifs is 1. The number of carbonyl (C=O) groups is 1. The van der Waals surface area contributed by atoms with E-state index in [2.05, 4.69) is 29.3 Å². The molecule has 7 heteroatoms. The number of nitrogens with one attached hydrogen (secondary N) is 1. The molecule has 6 nitrogen and oxygen atoms in total. The van der Waals surface area contributed by atoms with Crippen LogP contribution in [0.4, 0.5) is 0 Å². The van der Waals surface area contributed by atoms with E-state index in [9.17, 15) is 4.79 Å². The van der Waals surface area contributed by atoms with Crippen molar-refractivity contribution < 1.29 is 9.32 Å². The predicted molar refractivity (Wildman–Crippen MR) is 93.7 cm³/mol. The van der Waals surface area contributed by atoms with Gasteiger partial charge in [-0.1, -0.05) is 5.16 Å². The van der Waals surface area contributed by atoms with Crippen molar-refractivity contribution in [3.05, 3.63) is 23.0 Å².